The maximum atomic E-state index is 12.6. The fourth-order valence-electron chi connectivity index (χ4n) is 2.92. The van der Waals surface area contributed by atoms with Gasteiger partial charge in [0, 0.05) is 42.8 Å². The molecule has 0 spiro atoms. The van der Waals surface area contributed by atoms with Gasteiger partial charge < -0.3 is 19.5 Å². The molecule has 126 valence electrons. The van der Waals surface area contributed by atoms with Crippen LogP contribution in [-0.4, -0.2) is 47.7 Å². The van der Waals surface area contributed by atoms with E-state index in [-0.39, 0.29) is 11.9 Å². The van der Waals surface area contributed by atoms with Crippen LogP contribution in [0.5, 0.6) is 0 Å². The van der Waals surface area contributed by atoms with Crippen LogP contribution < -0.4 is 5.32 Å². The second kappa shape index (κ2) is 7.21. The normalized spacial score (nSPS) is 15.1. The third-order valence-corrected chi connectivity index (χ3v) is 4.31. The summed E-state index contributed by atoms with van der Waals surface area (Å²) in [5.74, 6) is 0.0329. The number of ether oxygens (including phenoxy) is 1. The predicted molar refractivity (Wildman–Crippen MR) is 90.2 cm³/mol. The summed E-state index contributed by atoms with van der Waals surface area (Å²) in [4.78, 5) is 25.7. The fraction of sp³-hybridized carbons (Fsp3) is 0.333. The summed E-state index contributed by atoms with van der Waals surface area (Å²) < 4.78 is 6.60. The van der Waals surface area contributed by atoms with Gasteiger partial charge in [-0.2, -0.15) is 0 Å². The van der Waals surface area contributed by atoms with Crippen molar-refractivity contribution in [3.05, 3.63) is 54.4 Å². The predicted octanol–water partition coefficient (Wildman–Crippen LogP) is 2.44. The van der Waals surface area contributed by atoms with Crippen LogP contribution in [-0.2, 0) is 4.74 Å². The number of hydrogen-bond donors (Lipinski definition) is 1. The summed E-state index contributed by atoms with van der Waals surface area (Å²) in [6.07, 6.45) is 5.00. The second-order valence-electron chi connectivity index (χ2n) is 5.84. The van der Waals surface area contributed by atoms with E-state index < -0.39 is 6.09 Å². The first kappa shape index (κ1) is 16.1. The molecule has 2 aromatic rings. The van der Waals surface area contributed by atoms with E-state index in [1.54, 1.807) is 0 Å². The van der Waals surface area contributed by atoms with Gasteiger partial charge in [-0.15, -0.1) is 0 Å². The number of nitrogens with zero attached hydrogens (tertiary/aromatic N) is 2. The molecule has 6 nitrogen and oxygen atoms in total. The molecule has 0 aliphatic carbocycles. The average Bonchev–Trinajstić information content (AvgIpc) is 3.16. The largest absolute Gasteiger partial charge is 0.453 e. The fourth-order valence-corrected chi connectivity index (χ4v) is 2.92. The highest BCUT2D eigenvalue weighted by atomic mass is 16.5. The third-order valence-electron chi connectivity index (χ3n) is 4.31. The topological polar surface area (TPSA) is 63.6 Å². The average molecular weight is 327 g/mol. The Labute approximate surface area is 141 Å². The van der Waals surface area contributed by atoms with Gasteiger partial charge in [0.1, 0.15) is 0 Å². The highest BCUT2D eigenvalue weighted by molar-refractivity contribution is 5.94. The van der Waals surface area contributed by atoms with Crippen LogP contribution in [0.4, 0.5) is 4.79 Å². The highest BCUT2D eigenvalue weighted by Crippen LogP contribution is 2.16. The van der Waals surface area contributed by atoms with Gasteiger partial charge in [-0.05, 0) is 49.2 Å². The lowest BCUT2D eigenvalue weighted by atomic mass is 10.0. The molecule has 0 atom stereocenters. The monoisotopic (exact) mass is 327 g/mol. The third kappa shape index (κ3) is 3.59. The lowest BCUT2D eigenvalue weighted by Crippen LogP contribution is -2.46. The maximum Gasteiger partial charge on any atom is 0.407 e. The van der Waals surface area contributed by atoms with E-state index in [0.29, 0.717) is 18.7 Å². The summed E-state index contributed by atoms with van der Waals surface area (Å²) in [6.45, 7) is 1.26. The van der Waals surface area contributed by atoms with Gasteiger partial charge in [0.25, 0.3) is 5.91 Å². The van der Waals surface area contributed by atoms with Crippen LogP contribution in [0, 0.1) is 0 Å². The first-order valence-corrected chi connectivity index (χ1v) is 8.04. The summed E-state index contributed by atoms with van der Waals surface area (Å²) in [5.41, 5.74) is 1.71. The van der Waals surface area contributed by atoms with Crippen molar-refractivity contribution < 1.29 is 14.3 Å². The quantitative estimate of drug-likeness (QED) is 0.942. The van der Waals surface area contributed by atoms with Crippen LogP contribution in [0.2, 0.25) is 0 Å². The lowest BCUT2D eigenvalue weighted by molar-refractivity contribution is 0.0704. The molecule has 1 N–H and O–H groups in total. The van der Waals surface area contributed by atoms with E-state index >= 15 is 0 Å². The van der Waals surface area contributed by atoms with Gasteiger partial charge in [0.05, 0.1) is 7.11 Å². The number of hydrogen-bond acceptors (Lipinski definition) is 3. The maximum absolute atomic E-state index is 12.6. The molecule has 0 bridgehead atoms. The van der Waals surface area contributed by atoms with E-state index in [4.69, 9.17) is 0 Å². The standard InChI is InChI=1S/C18H21N3O3/c1-24-18(23)19-15-8-12-21(13-9-15)17(22)14-4-6-16(7-5-14)20-10-2-3-11-20/h2-7,10-11,15H,8-9,12-13H2,1H3,(H,19,23). The van der Waals surface area contributed by atoms with Crippen molar-refractivity contribution in [2.45, 2.75) is 18.9 Å². The number of rotatable bonds is 3. The summed E-state index contributed by atoms with van der Waals surface area (Å²) >= 11 is 0. The molecule has 2 amide bonds. The van der Waals surface area contributed by atoms with Gasteiger partial charge in [0.2, 0.25) is 0 Å². The Kier molecular flexibility index (Phi) is 4.84. The molecule has 6 heteroatoms. The molecule has 1 aromatic heterocycles. The number of carbonyl (C=O) groups excluding carboxylic acids is 2. The minimum Gasteiger partial charge on any atom is -0.453 e. The minimum atomic E-state index is -0.416. The van der Waals surface area contributed by atoms with Crippen LogP contribution in [0.3, 0.4) is 0 Å². The molecular formula is C18H21N3O3. The zero-order valence-corrected chi connectivity index (χ0v) is 13.6. The Hall–Kier alpha value is -2.76. The summed E-state index contributed by atoms with van der Waals surface area (Å²) in [7, 11) is 1.35. The molecule has 0 saturated carbocycles. The zero-order chi connectivity index (χ0) is 16.9. The van der Waals surface area contributed by atoms with E-state index in [1.807, 2.05) is 58.3 Å². The van der Waals surface area contributed by atoms with Crippen LogP contribution in [0.1, 0.15) is 23.2 Å². The number of aromatic nitrogens is 1. The molecule has 2 heterocycles. The van der Waals surface area contributed by atoms with Gasteiger partial charge in [-0.1, -0.05) is 0 Å². The molecule has 1 aliphatic rings. The lowest BCUT2D eigenvalue weighted by Gasteiger charge is -2.32. The Morgan fingerprint density at radius 2 is 1.71 bits per heavy atom. The zero-order valence-electron chi connectivity index (χ0n) is 13.6. The van der Waals surface area contributed by atoms with Crippen molar-refractivity contribution >= 4 is 12.0 Å². The molecule has 1 fully saturated rings. The number of carbonyl (C=O) groups is 2. The van der Waals surface area contributed by atoms with Crippen molar-refractivity contribution in [2.75, 3.05) is 20.2 Å². The number of methoxy groups -OCH3 is 1. The van der Waals surface area contributed by atoms with Crippen LogP contribution >= 0.6 is 0 Å². The van der Waals surface area contributed by atoms with E-state index in [2.05, 4.69) is 10.1 Å². The highest BCUT2D eigenvalue weighted by Gasteiger charge is 2.24. The van der Waals surface area contributed by atoms with Crippen LogP contribution in [0.25, 0.3) is 5.69 Å². The number of benzene rings is 1. The molecule has 0 unspecified atom stereocenters. The number of likely N-dealkylation sites (tertiary alicyclic amines) is 1. The molecule has 24 heavy (non-hydrogen) atoms. The Morgan fingerprint density at radius 3 is 2.29 bits per heavy atom. The molecule has 3 rings (SSSR count). The molecule has 1 saturated heterocycles. The first-order valence-electron chi connectivity index (χ1n) is 8.04. The number of nitrogens with one attached hydrogen (secondary N) is 1. The number of piperidine rings is 1. The summed E-state index contributed by atoms with van der Waals surface area (Å²) in [6, 6.07) is 11.6. The summed E-state index contributed by atoms with van der Waals surface area (Å²) in [5, 5.41) is 2.79. The first-order chi connectivity index (χ1) is 11.7. The van der Waals surface area contributed by atoms with Crippen molar-refractivity contribution in [1.82, 2.24) is 14.8 Å². The van der Waals surface area contributed by atoms with Crippen molar-refractivity contribution in [3.63, 3.8) is 0 Å². The molecule has 1 aromatic carbocycles. The Morgan fingerprint density at radius 1 is 1.08 bits per heavy atom. The van der Waals surface area contributed by atoms with Crippen molar-refractivity contribution in [3.8, 4) is 5.69 Å². The van der Waals surface area contributed by atoms with E-state index in [9.17, 15) is 9.59 Å². The SMILES string of the molecule is COC(=O)NC1CCN(C(=O)c2ccc(-n3cccc3)cc2)CC1. The molecule has 1 aliphatic heterocycles. The van der Waals surface area contributed by atoms with Gasteiger partial charge in [-0.3, -0.25) is 4.79 Å². The van der Waals surface area contributed by atoms with Crippen molar-refractivity contribution in [1.29, 1.82) is 0 Å². The minimum absolute atomic E-state index is 0.0329. The Bertz CT molecular complexity index is 687. The number of amides is 2. The molecule has 0 radical (unpaired) electrons. The van der Waals surface area contributed by atoms with Gasteiger partial charge >= 0.3 is 6.09 Å². The smallest absolute Gasteiger partial charge is 0.407 e. The second-order valence-corrected chi connectivity index (χ2v) is 5.84. The van der Waals surface area contributed by atoms with E-state index in [0.717, 1.165) is 18.5 Å². The molecular weight excluding hydrogens is 306 g/mol. The van der Waals surface area contributed by atoms with Crippen LogP contribution in [0.15, 0.2) is 48.8 Å². The van der Waals surface area contributed by atoms with E-state index in [1.165, 1.54) is 7.11 Å². The van der Waals surface area contributed by atoms with Gasteiger partial charge in [-0.25, -0.2) is 4.79 Å². The Balaban J connectivity index is 1.58. The van der Waals surface area contributed by atoms with Crippen molar-refractivity contribution in [2.24, 2.45) is 0 Å². The number of alkyl carbamates (subject to hydrolysis) is 1. The van der Waals surface area contributed by atoms with Gasteiger partial charge in [0.15, 0.2) is 0 Å².